The van der Waals surface area contributed by atoms with E-state index in [-0.39, 0.29) is 29.4 Å². The number of fused-ring (bicyclic) bond motifs is 5. The van der Waals surface area contributed by atoms with Gasteiger partial charge in [0.05, 0.1) is 5.69 Å². The van der Waals surface area contributed by atoms with Gasteiger partial charge in [-0.25, -0.2) is 4.98 Å². The van der Waals surface area contributed by atoms with Gasteiger partial charge in [0.15, 0.2) is 0 Å². The van der Waals surface area contributed by atoms with Crippen molar-refractivity contribution in [2.45, 2.75) is 0 Å². The van der Waals surface area contributed by atoms with Crippen LogP contribution in [0.2, 0.25) is 0 Å². The number of carbonyl (C=O) groups excluding carboxylic acids is 1. The van der Waals surface area contributed by atoms with Crippen LogP contribution in [0.4, 0.5) is 5.69 Å². The average Bonchev–Trinajstić information content (AvgIpc) is 2.95. The summed E-state index contributed by atoms with van der Waals surface area (Å²) < 4.78 is 1.52. The Kier molecular flexibility index (Phi) is 2.45. The summed E-state index contributed by atoms with van der Waals surface area (Å²) in [6.45, 7) is 0. The lowest BCUT2D eigenvalue weighted by Crippen LogP contribution is -2.15. The molecule has 1 aliphatic rings. The van der Waals surface area contributed by atoms with Gasteiger partial charge in [-0.3, -0.25) is 14.0 Å². The van der Waals surface area contributed by atoms with Crippen LogP contribution in [-0.4, -0.2) is 20.2 Å². The van der Waals surface area contributed by atoms with E-state index in [1.807, 2.05) is 0 Å². The lowest BCUT2D eigenvalue weighted by Gasteiger charge is -2.01. The number of halogens is 1. The van der Waals surface area contributed by atoms with Crippen LogP contribution in [0.5, 0.6) is 0 Å². The van der Waals surface area contributed by atoms with Crippen molar-refractivity contribution in [2.24, 2.45) is 0 Å². The van der Waals surface area contributed by atoms with Crippen LogP contribution in [0.1, 0.15) is 16.1 Å². The summed E-state index contributed by atoms with van der Waals surface area (Å²) in [7, 11) is 0. The highest BCUT2D eigenvalue weighted by atomic mass is 35.5. The van der Waals surface area contributed by atoms with Crippen molar-refractivity contribution in [1.29, 1.82) is 0 Å². The second-order valence-electron chi connectivity index (χ2n) is 4.43. The summed E-state index contributed by atoms with van der Waals surface area (Å²) in [5.74, 6) is -0.156. The van der Waals surface area contributed by atoms with Gasteiger partial charge in [-0.05, 0) is 12.1 Å². The highest BCUT2D eigenvalue weighted by molar-refractivity contribution is 6.20. The summed E-state index contributed by atoms with van der Waals surface area (Å²) in [6.07, 6.45) is 3.10. The predicted molar refractivity (Wildman–Crippen MR) is 76.3 cm³/mol. The zero-order valence-corrected chi connectivity index (χ0v) is 10.9. The Hall–Kier alpha value is -2.60. The van der Waals surface area contributed by atoms with E-state index in [1.54, 1.807) is 24.4 Å². The fourth-order valence-electron chi connectivity index (χ4n) is 2.51. The van der Waals surface area contributed by atoms with E-state index < -0.39 is 0 Å². The average molecular weight is 289 g/mol. The number of benzene rings is 1. The fourth-order valence-corrected chi connectivity index (χ4v) is 2.51. The minimum Gasteiger partial charge on any atom is -0.399 e. The third-order valence-corrected chi connectivity index (χ3v) is 3.33. The Bertz CT molecular complexity index is 926. The van der Waals surface area contributed by atoms with Gasteiger partial charge in [-0.15, -0.1) is 12.4 Å². The van der Waals surface area contributed by atoms with Crippen molar-refractivity contribution in [2.75, 3.05) is 5.73 Å². The predicted octanol–water partition coefficient (Wildman–Crippen LogP) is 1.24. The van der Waals surface area contributed by atoms with Crippen LogP contribution in [0, 0.1) is 0 Å². The van der Waals surface area contributed by atoms with Crippen LogP contribution in [0.25, 0.3) is 16.9 Å². The number of H-pyrrole nitrogens is 1. The van der Waals surface area contributed by atoms with E-state index in [0.29, 0.717) is 28.2 Å². The van der Waals surface area contributed by atoms with E-state index in [4.69, 9.17) is 5.73 Å². The normalized spacial score (nSPS) is 12.1. The molecule has 0 bridgehead atoms. The first-order chi connectivity index (χ1) is 9.16. The van der Waals surface area contributed by atoms with Crippen LogP contribution in [-0.2, 0) is 0 Å². The third kappa shape index (κ3) is 1.36. The molecule has 0 amide bonds. The van der Waals surface area contributed by atoms with Crippen molar-refractivity contribution in [3.63, 3.8) is 0 Å². The summed E-state index contributed by atoms with van der Waals surface area (Å²) in [6, 6.07) is 5.07. The van der Waals surface area contributed by atoms with Gasteiger partial charge in [-0.1, -0.05) is 6.07 Å². The molecule has 100 valence electrons. The molecule has 0 atom stereocenters. The first kappa shape index (κ1) is 12.4. The summed E-state index contributed by atoms with van der Waals surface area (Å²) in [5.41, 5.74) is 8.27. The van der Waals surface area contributed by atoms with Crippen LogP contribution in [0.3, 0.4) is 0 Å². The molecular formula is C13H9ClN4O2. The number of nitrogens with zero attached hydrogens (tertiary/aromatic N) is 2. The number of carbonyl (C=O) groups is 1. The van der Waals surface area contributed by atoms with Gasteiger partial charge in [0.2, 0.25) is 11.4 Å². The molecule has 20 heavy (non-hydrogen) atoms. The van der Waals surface area contributed by atoms with Crippen LogP contribution in [0.15, 0.2) is 35.4 Å². The zero-order chi connectivity index (χ0) is 13.1. The minimum atomic E-state index is -0.318. The Morgan fingerprint density at radius 1 is 1.20 bits per heavy atom. The lowest BCUT2D eigenvalue weighted by molar-refractivity contribution is 0.103. The van der Waals surface area contributed by atoms with Crippen molar-refractivity contribution in [3.05, 3.63) is 52.2 Å². The maximum absolute atomic E-state index is 12.4. The first-order valence-electron chi connectivity index (χ1n) is 5.71. The van der Waals surface area contributed by atoms with E-state index in [2.05, 4.69) is 9.97 Å². The largest absolute Gasteiger partial charge is 0.399 e. The number of hydrogen-bond acceptors (Lipinski definition) is 4. The van der Waals surface area contributed by atoms with E-state index in [0.717, 1.165) is 0 Å². The molecule has 0 saturated carbocycles. The first-order valence-corrected chi connectivity index (χ1v) is 5.71. The Labute approximate surface area is 118 Å². The smallest absolute Gasteiger partial charge is 0.292 e. The second kappa shape index (κ2) is 3.94. The molecule has 3 aromatic rings. The van der Waals surface area contributed by atoms with Crippen LogP contribution >= 0.6 is 12.4 Å². The van der Waals surface area contributed by atoms with Crippen molar-refractivity contribution in [3.8, 4) is 11.3 Å². The molecule has 1 aromatic carbocycles. The topological polar surface area (TPSA) is 93.2 Å². The van der Waals surface area contributed by atoms with Gasteiger partial charge in [0.25, 0.3) is 5.56 Å². The summed E-state index contributed by atoms with van der Waals surface area (Å²) in [4.78, 5) is 31.0. The van der Waals surface area contributed by atoms with E-state index in [1.165, 1.54) is 10.6 Å². The van der Waals surface area contributed by atoms with E-state index >= 15 is 0 Å². The van der Waals surface area contributed by atoms with Crippen molar-refractivity contribution >= 4 is 29.5 Å². The number of anilines is 1. The molecule has 1 aliphatic carbocycles. The van der Waals surface area contributed by atoms with Crippen molar-refractivity contribution in [1.82, 2.24) is 14.4 Å². The van der Waals surface area contributed by atoms with Gasteiger partial charge >= 0.3 is 0 Å². The molecule has 0 radical (unpaired) electrons. The van der Waals surface area contributed by atoms with Gasteiger partial charge in [-0.2, -0.15) is 0 Å². The number of hydrogen-bond donors (Lipinski definition) is 2. The Balaban J connectivity index is 0.00000121. The number of ketones is 1. The fraction of sp³-hybridized carbons (Fsp3) is 0. The molecule has 0 unspecified atom stereocenters. The number of aromatic nitrogens is 3. The number of rotatable bonds is 0. The van der Waals surface area contributed by atoms with Gasteiger partial charge in [0.1, 0.15) is 5.69 Å². The molecule has 4 rings (SSSR count). The molecule has 2 aromatic heterocycles. The third-order valence-electron chi connectivity index (χ3n) is 3.33. The molecule has 0 spiro atoms. The minimum absolute atomic E-state index is 0. The molecule has 2 heterocycles. The molecule has 7 heteroatoms. The molecule has 3 N–H and O–H groups in total. The van der Waals surface area contributed by atoms with Crippen LogP contribution < -0.4 is 11.3 Å². The summed E-state index contributed by atoms with van der Waals surface area (Å²) in [5, 5.41) is 0. The Morgan fingerprint density at radius 2 is 2.00 bits per heavy atom. The molecule has 0 saturated heterocycles. The second-order valence-corrected chi connectivity index (χ2v) is 4.43. The maximum Gasteiger partial charge on any atom is 0.292 e. The Morgan fingerprint density at radius 3 is 2.80 bits per heavy atom. The zero-order valence-electron chi connectivity index (χ0n) is 10.1. The molecule has 0 aliphatic heterocycles. The van der Waals surface area contributed by atoms with Crippen molar-refractivity contribution < 1.29 is 4.79 Å². The standard InChI is InChI=1S/C13H8N4O2.ClH/c14-6-1-2-7-8(5-6)11(18)10-9(7)16-13(19)12-15-3-4-17(10)12;/h1-5H,14H2,(H,16,19);1H. The highest BCUT2D eigenvalue weighted by Gasteiger charge is 2.30. The number of nitrogen functional groups attached to an aromatic ring is 1. The SMILES string of the molecule is Cl.Nc1ccc2c(c1)C(=O)c1c-2[nH]c(=O)c2nccn12. The molecular weight excluding hydrogens is 280 g/mol. The molecule has 0 fully saturated rings. The quantitative estimate of drug-likeness (QED) is 0.476. The number of nitrogens with two attached hydrogens (primary N) is 1. The monoisotopic (exact) mass is 288 g/mol. The number of imidazole rings is 1. The summed E-state index contributed by atoms with van der Waals surface area (Å²) >= 11 is 0. The lowest BCUT2D eigenvalue weighted by atomic mass is 10.1. The highest BCUT2D eigenvalue weighted by Crippen LogP contribution is 2.35. The van der Waals surface area contributed by atoms with Gasteiger partial charge in [0, 0.05) is 29.2 Å². The number of nitrogens with one attached hydrogen (secondary N) is 1. The van der Waals surface area contributed by atoms with E-state index in [9.17, 15) is 9.59 Å². The van der Waals surface area contributed by atoms with Gasteiger partial charge < -0.3 is 10.7 Å². The maximum atomic E-state index is 12.4. The number of aromatic amines is 1. The molecule has 6 nitrogen and oxygen atoms in total.